The van der Waals surface area contributed by atoms with Gasteiger partial charge in [-0.05, 0) is 43.2 Å². The number of methoxy groups -OCH3 is 1. The van der Waals surface area contributed by atoms with Crippen LogP contribution in [0.2, 0.25) is 0 Å². The fourth-order valence-corrected chi connectivity index (χ4v) is 2.17. The molecule has 2 unspecified atom stereocenters. The lowest BCUT2D eigenvalue weighted by Crippen LogP contribution is -2.30. The van der Waals surface area contributed by atoms with E-state index in [9.17, 15) is 5.11 Å². The fourth-order valence-electron chi connectivity index (χ4n) is 2.17. The predicted octanol–water partition coefficient (Wildman–Crippen LogP) is 2.93. The van der Waals surface area contributed by atoms with Crippen LogP contribution in [0.15, 0.2) is 47.1 Å². The van der Waals surface area contributed by atoms with Gasteiger partial charge < -0.3 is 19.6 Å². The number of rotatable bonds is 8. The second-order valence-electron chi connectivity index (χ2n) is 5.22. The van der Waals surface area contributed by atoms with Gasteiger partial charge in [-0.25, -0.2) is 0 Å². The number of aryl methyl sites for hydroxylation is 1. The van der Waals surface area contributed by atoms with Crippen molar-refractivity contribution in [2.75, 3.05) is 13.7 Å². The zero-order valence-corrected chi connectivity index (χ0v) is 12.6. The largest absolute Gasteiger partial charge is 0.497 e. The molecular weight excluding hydrogens is 266 g/mol. The Morgan fingerprint density at radius 2 is 2.00 bits per heavy atom. The number of hydrogen-bond acceptors (Lipinski definition) is 4. The van der Waals surface area contributed by atoms with Crippen LogP contribution in [0.1, 0.15) is 30.8 Å². The Labute approximate surface area is 125 Å². The molecule has 0 saturated carbocycles. The van der Waals surface area contributed by atoms with Gasteiger partial charge in [-0.2, -0.15) is 0 Å². The molecule has 0 spiro atoms. The molecule has 114 valence electrons. The third-order valence-corrected chi connectivity index (χ3v) is 3.56. The van der Waals surface area contributed by atoms with Crippen molar-refractivity contribution in [2.24, 2.45) is 0 Å². The van der Waals surface area contributed by atoms with E-state index in [4.69, 9.17) is 9.15 Å². The van der Waals surface area contributed by atoms with Gasteiger partial charge in [-0.15, -0.1) is 0 Å². The maximum absolute atomic E-state index is 10.2. The minimum absolute atomic E-state index is 0.322. The van der Waals surface area contributed by atoms with Crippen LogP contribution in [-0.2, 0) is 6.42 Å². The van der Waals surface area contributed by atoms with Crippen molar-refractivity contribution in [1.29, 1.82) is 0 Å². The molecule has 2 atom stereocenters. The summed E-state index contributed by atoms with van der Waals surface area (Å²) in [6.45, 7) is 2.65. The monoisotopic (exact) mass is 289 g/mol. The minimum atomic E-state index is -0.512. The molecular formula is C17H23NO3. The highest BCUT2D eigenvalue weighted by molar-refractivity contribution is 5.28. The lowest BCUT2D eigenvalue weighted by atomic mass is 10.1. The molecule has 2 aromatic rings. The van der Waals surface area contributed by atoms with Gasteiger partial charge in [0.05, 0.1) is 19.5 Å². The highest BCUT2D eigenvalue weighted by Gasteiger charge is 2.10. The first-order valence-corrected chi connectivity index (χ1v) is 7.27. The quantitative estimate of drug-likeness (QED) is 0.784. The van der Waals surface area contributed by atoms with E-state index in [1.165, 1.54) is 0 Å². The molecule has 0 amide bonds. The molecule has 0 aliphatic carbocycles. The average molecular weight is 289 g/mol. The van der Waals surface area contributed by atoms with Crippen LogP contribution >= 0.6 is 0 Å². The van der Waals surface area contributed by atoms with Gasteiger partial charge in [0.1, 0.15) is 11.5 Å². The van der Waals surface area contributed by atoms with Gasteiger partial charge in [-0.3, -0.25) is 0 Å². The minimum Gasteiger partial charge on any atom is -0.497 e. The van der Waals surface area contributed by atoms with Gasteiger partial charge >= 0.3 is 0 Å². The average Bonchev–Trinajstić information content (AvgIpc) is 3.04. The van der Waals surface area contributed by atoms with Crippen LogP contribution in [0.3, 0.4) is 0 Å². The van der Waals surface area contributed by atoms with Crippen molar-refractivity contribution < 1.29 is 14.3 Å². The van der Waals surface area contributed by atoms with E-state index >= 15 is 0 Å². The third kappa shape index (κ3) is 4.92. The molecule has 2 N–H and O–H groups in total. The van der Waals surface area contributed by atoms with Crippen molar-refractivity contribution in [3.63, 3.8) is 0 Å². The Balaban J connectivity index is 1.73. The number of aliphatic hydroxyl groups is 1. The molecule has 0 radical (unpaired) electrons. The van der Waals surface area contributed by atoms with Crippen LogP contribution in [0.4, 0.5) is 0 Å². The number of furan rings is 1. The molecule has 4 heteroatoms. The Morgan fingerprint density at radius 3 is 2.62 bits per heavy atom. The molecule has 0 saturated heterocycles. The molecule has 1 aromatic heterocycles. The molecule has 0 aliphatic heterocycles. The van der Waals surface area contributed by atoms with E-state index < -0.39 is 6.10 Å². The topological polar surface area (TPSA) is 54.6 Å². The molecule has 0 aliphatic rings. The summed E-state index contributed by atoms with van der Waals surface area (Å²) in [6, 6.07) is 11.7. The molecule has 0 fully saturated rings. The first kappa shape index (κ1) is 15.6. The maximum Gasteiger partial charge on any atom is 0.118 e. The van der Waals surface area contributed by atoms with Crippen LogP contribution in [0.25, 0.3) is 0 Å². The van der Waals surface area contributed by atoms with Crippen LogP contribution in [0, 0.1) is 0 Å². The zero-order valence-electron chi connectivity index (χ0n) is 12.6. The maximum atomic E-state index is 10.2. The van der Waals surface area contributed by atoms with Crippen molar-refractivity contribution in [3.8, 4) is 5.75 Å². The Hall–Kier alpha value is -1.78. The van der Waals surface area contributed by atoms with Crippen LogP contribution < -0.4 is 10.1 Å². The van der Waals surface area contributed by atoms with Crippen molar-refractivity contribution in [3.05, 3.63) is 54.0 Å². The summed E-state index contributed by atoms with van der Waals surface area (Å²) in [4.78, 5) is 0. The smallest absolute Gasteiger partial charge is 0.118 e. The van der Waals surface area contributed by atoms with Crippen molar-refractivity contribution >= 4 is 0 Å². The van der Waals surface area contributed by atoms with Crippen LogP contribution in [-0.4, -0.2) is 24.8 Å². The van der Waals surface area contributed by atoms with Gasteiger partial charge in [0.2, 0.25) is 0 Å². The predicted molar refractivity (Wildman–Crippen MR) is 82.4 cm³/mol. The third-order valence-electron chi connectivity index (χ3n) is 3.56. The second-order valence-corrected chi connectivity index (χ2v) is 5.22. The molecule has 2 rings (SSSR count). The summed E-state index contributed by atoms with van der Waals surface area (Å²) in [6.07, 6.45) is 3.06. The summed E-state index contributed by atoms with van der Waals surface area (Å²) in [5, 5.41) is 13.5. The number of aliphatic hydroxyl groups excluding tert-OH is 1. The summed E-state index contributed by atoms with van der Waals surface area (Å²) in [5.41, 5.74) is 0.890. The first-order valence-electron chi connectivity index (χ1n) is 7.27. The summed E-state index contributed by atoms with van der Waals surface area (Å²) in [5.74, 6) is 1.80. The lowest BCUT2D eigenvalue weighted by Gasteiger charge is -2.17. The second kappa shape index (κ2) is 7.86. The summed E-state index contributed by atoms with van der Waals surface area (Å²) in [7, 11) is 1.63. The SMILES string of the molecule is COc1ccc(C(O)CNC(C)CCc2ccco2)cc1. The van der Waals surface area contributed by atoms with E-state index in [1.54, 1.807) is 13.4 Å². The van der Waals surface area contributed by atoms with Crippen molar-refractivity contribution in [1.82, 2.24) is 5.32 Å². The van der Waals surface area contributed by atoms with Gasteiger partial charge in [0, 0.05) is 19.0 Å². The van der Waals surface area contributed by atoms with Gasteiger partial charge in [0.15, 0.2) is 0 Å². The number of ether oxygens (including phenoxy) is 1. The van der Waals surface area contributed by atoms with Gasteiger partial charge in [-0.1, -0.05) is 12.1 Å². The van der Waals surface area contributed by atoms with Gasteiger partial charge in [0.25, 0.3) is 0 Å². The molecule has 1 aromatic carbocycles. The highest BCUT2D eigenvalue weighted by atomic mass is 16.5. The summed E-state index contributed by atoms with van der Waals surface area (Å²) < 4.78 is 10.4. The fraction of sp³-hybridized carbons (Fsp3) is 0.412. The van der Waals surface area contributed by atoms with E-state index in [0.29, 0.717) is 12.6 Å². The van der Waals surface area contributed by atoms with E-state index in [0.717, 1.165) is 29.9 Å². The Morgan fingerprint density at radius 1 is 1.24 bits per heavy atom. The Kier molecular flexibility index (Phi) is 5.84. The van der Waals surface area contributed by atoms with E-state index in [1.807, 2.05) is 36.4 Å². The first-order chi connectivity index (χ1) is 10.2. The lowest BCUT2D eigenvalue weighted by molar-refractivity contribution is 0.170. The molecule has 4 nitrogen and oxygen atoms in total. The number of nitrogens with one attached hydrogen (secondary N) is 1. The molecule has 0 bridgehead atoms. The number of hydrogen-bond donors (Lipinski definition) is 2. The van der Waals surface area contributed by atoms with E-state index in [2.05, 4.69) is 12.2 Å². The normalized spacial score (nSPS) is 13.9. The molecule has 21 heavy (non-hydrogen) atoms. The van der Waals surface area contributed by atoms with Crippen molar-refractivity contribution in [2.45, 2.75) is 31.9 Å². The zero-order chi connectivity index (χ0) is 15.1. The standard InChI is InChI=1S/C17H23NO3/c1-13(5-8-16-4-3-11-21-16)18-12-17(19)14-6-9-15(20-2)10-7-14/h3-4,6-7,9-11,13,17-19H,5,8,12H2,1-2H3. The Bertz CT molecular complexity index is 507. The molecule has 1 heterocycles. The number of benzene rings is 1. The highest BCUT2D eigenvalue weighted by Crippen LogP contribution is 2.17. The van der Waals surface area contributed by atoms with E-state index in [-0.39, 0.29) is 0 Å². The van der Waals surface area contributed by atoms with Crippen LogP contribution in [0.5, 0.6) is 5.75 Å². The summed E-state index contributed by atoms with van der Waals surface area (Å²) >= 11 is 0.